The molecule has 0 radical (unpaired) electrons. The number of aryl methyl sites for hydroxylation is 1. The van der Waals surface area contributed by atoms with E-state index < -0.39 is 41.7 Å². The molecule has 170 valence electrons. The highest BCUT2D eigenvalue weighted by Crippen LogP contribution is 2.35. The average Bonchev–Trinajstić information content (AvgIpc) is 2.72. The number of aromatic nitrogens is 2. The van der Waals surface area contributed by atoms with Crippen molar-refractivity contribution >= 4 is 29.7 Å². The maximum atomic E-state index is 11.8. The third-order valence-corrected chi connectivity index (χ3v) is 5.77. The molecule has 9 nitrogen and oxygen atoms in total. The zero-order valence-electron chi connectivity index (χ0n) is 18.1. The third-order valence-electron chi connectivity index (χ3n) is 4.55. The van der Waals surface area contributed by atoms with Crippen LogP contribution in [0.3, 0.4) is 0 Å². The van der Waals surface area contributed by atoms with Gasteiger partial charge in [0.1, 0.15) is 5.75 Å². The largest absolute Gasteiger partial charge is 0.474 e. The number of hydrogen-bond acceptors (Lipinski definition) is 10. The SMILES string of the molecule is CC(=O)O[C@@H]1[C@@H](OC(C)=O)[C@H](OC(C)=O)CS[C@H]1Oc1cncc(-c2ncccc2C)c1. The lowest BCUT2D eigenvalue weighted by Gasteiger charge is -2.39. The number of ether oxygens (including phenoxy) is 4. The van der Waals surface area contributed by atoms with Gasteiger partial charge in [0.2, 0.25) is 0 Å². The van der Waals surface area contributed by atoms with Crippen LogP contribution in [0.2, 0.25) is 0 Å². The van der Waals surface area contributed by atoms with Crippen LogP contribution in [0, 0.1) is 6.92 Å². The number of hydrogen-bond donors (Lipinski definition) is 0. The second-order valence-electron chi connectivity index (χ2n) is 7.19. The van der Waals surface area contributed by atoms with Gasteiger partial charge in [-0.25, -0.2) is 0 Å². The van der Waals surface area contributed by atoms with Crippen LogP contribution >= 0.6 is 11.8 Å². The summed E-state index contributed by atoms with van der Waals surface area (Å²) >= 11 is 1.28. The van der Waals surface area contributed by atoms with Gasteiger partial charge in [-0.05, 0) is 24.6 Å². The van der Waals surface area contributed by atoms with Gasteiger partial charge >= 0.3 is 17.9 Å². The first-order valence-corrected chi connectivity index (χ1v) is 11.0. The summed E-state index contributed by atoms with van der Waals surface area (Å²) in [7, 11) is 0. The molecular formula is C22H24N2O7S. The van der Waals surface area contributed by atoms with E-state index in [1.165, 1.54) is 38.7 Å². The van der Waals surface area contributed by atoms with E-state index in [4.69, 9.17) is 18.9 Å². The van der Waals surface area contributed by atoms with Gasteiger partial charge in [0.15, 0.2) is 23.7 Å². The Hall–Kier alpha value is -3.14. The Morgan fingerprint density at radius 2 is 1.69 bits per heavy atom. The van der Waals surface area contributed by atoms with Gasteiger partial charge in [-0.1, -0.05) is 6.07 Å². The van der Waals surface area contributed by atoms with Gasteiger partial charge in [-0.3, -0.25) is 24.4 Å². The molecule has 2 aromatic heterocycles. The number of nitrogens with zero attached hydrogens (tertiary/aromatic N) is 2. The molecule has 3 rings (SSSR count). The molecule has 32 heavy (non-hydrogen) atoms. The predicted molar refractivity (Wildman–Crippen MR) is 116 cm³/mol. The van der Waals surface area contributed by atoms with Crippen LogP contribution in [0.25, 0.3) is 11.3 Å². The minimum absolute atomic E-state index is 0.284. The fourth-order valence-corrected chi connectivity index (χ4v) is 4.56. The maximum absolute atomic E-state index is 11.8. The lowest BCUT2D eigenvalue weighted by Crippen LogP contribution is -2.55. The fourth-order valence-electron chi connectivity index (χ4n) is 3.34. The van der Waals surface area contributed by atoms with Crippen LogP contribution in [0.1, 0.15) is 26.3 Å². The fraction of sp³-hybridized carbons (Fsp3) is 0.409. The number of carbonyl (C=O) groups excluding carboxylic acids is 3. The van der Waals surface area contributed by atoms with Crippen LogP contribution in [0.15, 0.2) is 36.8 Å². The van der Waals surface area contributed by atoms with Gasteiger partial charge in [0.05, 0.1) is 11.9 Å². The first kappa shape index (κ1) is 23.5. The highest BCUT2D eigenvalue weighted by atomic mass is 32.2. The van der Waals surface area contributed by atoms with Crippen molar-refractivity contribution in [1.82, 2.24) is 9.97 Å². The standard InChI is InChI=1S/C22H24N2O7S/c1-12-6-5-7-24-19(12)16-8-17(10-23-9-16)31-22-21(30-15(4)27)20(29-14(3)26)18(11-32-22)28-13(2)25/h5-10,18,20-22H,11H2,1-4H3/t18-,20+,21-,22-/m1/s1. The molecule has 3 heterocycles. The van der Waals surface area contributed by atoms with E-state index in [-0.39, 0.29) is 5.75 Å². The first-order valence-electron chi connectivity index (χ1n) is 9.91. The Morgan fingerprint density at radius 1 is 1.00 bits per heavy atom. The zero-order chi connectivity index (χ0) is 23.3. The Kier molecular flexibility index (Phi) is 7.68. The lowest BCUT2D eigenvalue weighted by atomic mass is 10.1. The molecule has 0 unspecified atom stereocenters. The van der Waals surface area contributed by atoms with E-state index in [9.17, 15) is 14.4 Å². The minimum Gasteiger partial charge on any atom is -0.474 e. The molecule has 10 heteroatoms. The average molecular weight is 461 g/mol. The summed E-state index contributed by atoms with van der Waals surface area (Å²) in [5.41, 5.74) is 1.79. The summed E-state index contributed by atoms with van der Waals surface area (Å²) in [6.45, 7) is 5.68. The maximum Gasteiger partial charge on any atom is 0.303 e. The van der Waals surface area contributed by atoms with Gasteiger partial charge in [0, 0.05) is 44.5 Å². The highest BCUT2D eigenvalue weighted by Gasteiger charge is 2.47. The zero-order valence-corrected chi connectivity index (χ0v) is 19.0. The third kappa shape index (κ3) is 5.97. The van der Waals surface area contributed by atoms with Crippen molar-refractivity contribution in [3.63, 3.8) is 0 Å². The molecule has 0 N–H and O–H groups in total. The van der Waals surface area contributed by atoms with Crippen molar-refractivity contribution < 1.29 is 33.3 Å². The summed E-state index contributed by atoms with van der Waals surface area (Å²) in [6.07, 6.45) is 2.11. The Balaban J connectivity index is 1.88. The summed E-state index contributed by atoms with van der Waals surface area (Å²) in [5, 5.41) is 0. The molecule has 0 spiro atoms. The Morgan fingerprint density at radius 3 is 2.34 bits per heavy atom. The van der Waals surface area contributed by atoms with Crippen LogP contribution in [-0.4, -0.2) is 57.4 Å². The van der Waals surface area contributed by atoms with Crippen molar-refractivity contribution in [1.29, 1.82) is 0 Å². The lowest BCUT2D eigenvalue weighted by molar-refractivity contribution is -0.186. The normalized spacial score (nSPS) is 22.5. The summed E-state index contributed by atoms with van der Waals surface area (Å²) in [5.74, 6) is -0.997. The molecule has 1 aliphatic rings. The molecule has 4 atom stereocenters. The molecule has 1 aliphatic heterocycles. The number of pyridine rings is 2. The molecule has 1 saturated heterocycles. The van der Waals surface area contributed by atoms with E-state index in [1.54, 1.807) is 18.5 Å². The minimum atomic E-state index is -1.01. The van der Waals surface area contributed by atoms with E-state index in [0.29, 0.717) is 5.75 Å². The van der Waals surface area contributed by atoms with Crippen LogP contribution < -0.4 is 4.74 Å². The molecule has 0 amide bonds. The van der Waals surface area contributed by atoms with Gasteiger partial charge in [0.25, 0.3) is 0 Å². The molecular weight excluding hydrogens is 436 g/mol. The second kappa shape index (κ2) is 10.4. The van der Waals surface area contributed by atoms with E-state index in [2.05, 4.69) is 9.97 Å². The molecule has 0 bridgehead atoms. The smallest absolute Gasteiger partial charge is 0.303 e. The van der Waals surface area contributed by atoms with Crippen LogP contribution in [-0.2, 0) is 28.6 Å². The van der Waals surface area contributed by atoms with Gasteiger partial charge in [-0.2, -0.15) is 0 Å². The molecule has 0 aromatic carbocycles. The van der Waals surface area contributed by atoms with Crippen molar-refractivity contribution in [2.24, 2.45) is 0 Å². The molecule has 2 aromatic rings. The van der Waals surface area contributed by atoms with E-state index >= 15 is 0 Å². The summed E-state index contributed by atoms with van der Waals surface area (Å²) in [6, 6.07) is 5.58. The van der Waals surface area contributed by atoms with E-state index in [0.717, 1.165) is 16.8 Å². The Bertz CT molecular complexity index is 1000. The van der Waals surface area contributed by atoms with Crippen molar-refractivity contribution in [2.75, 3.05) is 5.75 Å². The summed E-state index contributed by atoms with van der Waals surface area (Å²) < 4.78 is 22.2. The topological polar surface area (TPSA) is 114 Å². The molecule has 1 fully saturated rings. The number of carbonyl (C=O) groups is 3. The van der Waals surface area contributed by atoms with Crippen LogP contribution in [0.4, 0.5) is 0 Å². The Labute approximate surface area is 189 Å². The van der Waals surface area contributed by atoms with Crippen LogP contribution in [0.5, 0.6) is 5.75 Å². The quantitative estimate of drug-likeness (QED) is 0.471. The van der Waals surface area contributed by atoms with Crippen molar-refractivity contribution in [3.8, 4) is 17.0 Å². The van der Waals surface area contributed by atoms with Gasteiger partial charge < -0.3 is 18.9 Å². The van der Waals surface area contributed by atoms with E-state index in [1.807, 2.05) is 19.1 Å². The second-order valence-corrected chi connectivity index (χ2v) is 8.33. The number of thioether (sulfide) groups is 1. The summed E-state index contributed by atoms with van der Waals surface area (Å²) in [4.78, 5) is 43.7. The monoisotopic (exact) mass is 460 g/mol. The number of rotatable bonds is 6. The van der Waals surface area contributed by atoms with Crippen molar-refractivity contribution in [3.05, 3.63) is 42.4 Å². The number of esters is 3. The molecule has 0 aliphatic carbocycles. The van der Waals surface area contributed by atoms with Gasteiger partial charge in [-0.15, -0.1) is 11.8 Å². The first-order chi connectivity index (χ1) is 15.2. The van der Waals surface area contributed by atoms with Crippen molar-refractivity contribution in [2.45, 2.75) is 51.4 Å². The molecule has 0 saturated carbocycles. The highest BCUT2D eigenvalue weighted by molar-refractivity contribution is 7.99. The predicted octanol–water partition coefficient (Wildman–Crippen LogP) is 2.70.